The molecule has 3 rings (SSSR count). The number of hydrogen-bond donors (Lipinski definition) is 0. The minimum atomic E-state index is -1.31. The van der Waals surface area contributed by atoms with Crippen molar-refractivity contribution in [3.63, 3.8) is 0 Å². The molecule has 0 nitrogen and oxygen atoms in total. The van der Waals surface area contributed by atoms with Crippen LogP contribution in [0.2, 0.25) is 19.6 Å². The fraction of sp³-hybridized carbons (Fsp3) is 0.188. The first-order valence-corrected chi connectivity index (χ1v) is 9.65. The zero-order valence-corrected chi connectivity index (χ0v) is 11.6. The maximum absolute atomic E-state index is 2.43. The largest absolute Gasteiger partial charge is 0.118 e. The van der Waals surface area contributed by atoms with Crippen molar-refractivity contribution >= 4 is 34.8 Å². The topological polar surface area (TPSA) is 0 Å². The second-order valence-electron chi connectivity index (χ2n) is 5.72. The van der Waals surface area contributed by atoms with Crippen molar-refractivity contribution in [2.45, 2.75) is 19.6 Å². The van der Waals surface area contributed by atoms with Gasteiger partial charge in [-0.25, -0.2) is 0 Å². The minimum Gasteiger partial charge on any atom is -0.118 e. The van der Waals surface area contributed by atoms with Crippen LogP contribution in [0.5, 0.6) is 0 Å². The summed E-state index contributed by atoms with van der Waals surface area (Å²) in [6.45, 7) is 7.30. The monoisotopic (exact) mass is 237 g/mol. The molecule has 3 aromatic rings. The molecular formula is C16H17Si-. The predicted octanol–water partition coefficient (Wildman–Crippen LogP) is 4.26. The molecule has 0 N–H and O–H groups in total. The Labute approximate surface area is 103 Å². The average molecular weight is 237 g/mol. The number of benzene rings is 2. The molecule has 17 heavy (non-hydrogen) atoms. The van der Waals surface area contributed by atoms with Crippen LogP contribution in [0.3, 0.4) is 0 Å². The van der Waals surface area contributed by atoms with E-state index in [4.69, 9.17) is 0 Å². The summed E-state index contributed by atoms with van der Waals surface area (Å²) in [7, 11) is -1.31. The van der Waals surface area contributed by atoms with Crippen LogP contribution >= 0.6 is 0 Å². The van der Waals surface area contributed by atoms with Crippen LogP contribution in [-0.2, 0) is 0 Å². The maximum Gasteiger partial charge on any atom is 0.0381 e. The Kier molecular flexibility index (Phi) is 2.20. The molecule has 0 spiro atoms. The quantitative estimate of drug-likeness (QED) is 0.438. The molecule has 0 aliphatic heterocycles. The first-order chi connectivity index (χ1) is 8.09. The molecule has 0 aromatic heterocycles. The third kappa shape index (κ3) is 1.54. The number of fused-ring (bicyclic) bond motifs is 3. The highest BCUT2D eigenvalue weighted by Crippen LogP contribution is 2.29. The lowest BCUT2D eigenvalue weighted by atomic mass is 10.2. The van der Waals surface area contributed by atoms with Gasteiger partial charge >= 0.3 is 0 Å². The van der Waals surface area contributed by atoms with Crippen molar-refractivity contribution in [3.05, 3.63) is 48.5 Å². The summed E-state index contributed by atoms with van der Waals surface area (Å²) in [5.41, 5.74) is 0. The highest BCUT2D eigenvalue weighted by molar-refractivity contribution is 6.92. The van der Waals surface area contributed by atoms with Crippen LogP contribution in [0, 0.1) is 0 Å². The second-order valence-corrected chi connectivity index (χ2v) is 10.7. The third-order valence-electron chi connectivity index (χ3n) is 3.43. The van der Waals surface area contributed by atoms with E-state index < -0.39 is 8.07 Å². The van der Waals surface area contributed by atoms with Crippen molar-refractivity contribution in [1.29, 1.82) is 0 Å². The molecular weight excluding hydrogens is 220 g/mol. The van der Waals surface area contributed by atoms with Crippen molar-refractivity contribution in [1.82, 2.24) is 0 Å². The molecule has 0 saturated heterocycles. The van der Waals surface area contributed by atoms with Gasteiger partial charge in [-0.15, -0.1) is 40.9 Å². The van der Waals surface area contributed by atoms with Gasteiger partial charge in [0.05, 0.1) is 0 Å². The van der Waals surface area contributed by atoms with Gasteiger partial charge in [0.25, 0.3) is 0 Å². The third-order valence-corrected chi connectivity index (χ3v) is 5.47. The second kappa shape index (κ2) is 3.51. The molecule has 0 fully saturated rings. The van der Waals surface area contributed by atoms with Gasteiger partial charge in [-0.05, 0) is 0 Å². The lowest BCUT2D eigenvalue weighted by molar-refractivity contribution is 1.77. The van der Waals surface area contributed by atoms with E-state index in [1.807, 2.05) is 0 Å². The summed E-state index contributed by atoms with van der Waals surface area (Å²) in [6.07, 6.45) is 0. The van der Waals surface area contributed by atoms with Crippen LogP contribution in [0.1, 0.15) is 0 Å². The van der Waals surface area contributed by atoms with E-state index >= 15 is 0 Å². The maximum atomic E-state index is 2.43. The van der Waals surface area contributed by atoms with Crippen molar-refractivity contribution in [2.24, 2.45) is 0 Å². The van der Waals surface area contributed by atoms with E-state index in [1.165, 1.54) is 21.5 Å². The molecule has 3 aromatic carbocycles. The first-order valence-electron chi connectivity index (χ1n) is 6.15. The van der Waals surface area contributed by atoms with Gasteiger partial charge < -0.3 is 0 Å². The molecule has 0 unspecified atom stereocenters. The average Bonchev–Trinajstić information content (AvgIpc) is 2.63. The Morgan fingerprint density at radius 2 is 1.47 bits per heavy atom. The predicted molar refractivity (Wildman–Crippen MR) is 80.0 cm³/mol. The van der Waals surface area contributed by atoms with Crippen LogP contribution in [0.15, 0.2) is 48.5 Å². The SMILES string of the molecule is C[Si](C)(C)c1c2ccccc2[c-]2ccccc12. The minimum absolute atomic E-state index is 1.31. The molecule has 0 aliphatic carbocycles. The molecule has 0 heterocycles. The Balaban J connectivity index is 2.60. The normalized spacial score (nSPS) is 12.4. The van der Waals surface area contributed by atoms with E-state index in [0.29, 0.717) is 0 Å². The van der Waals surface area contributed by atoms with Crippen LogP contribution in [0.25, 0.3) is 21.5 Å². The van der Waals surface area contributed by atoms with Crippen molar-refractivity contribution < 1.29 is 0 Å². The molecule has 86 valence electrons. The summed E-state index contributed by atoms with van der Waals surface area (Å²) >= 11 is 0. The zero-order valence-electron chi connectivity index (χ0n) is 10.6. The zero-order chi connectivity index (χ0) is 12.0. The van der Waals surface area contributed by atoms with E-state index in [2.05, 4.69) is 68.2 Å². The van der Waals surface area contributed by atoms with Crippen molar-refractivity contribution in [3.8, 4) is 0 Å². The number of rotatable bonds is 1. The summed E-state index contributed by atoms with van der Waals surface area (Å²) in [5.74, 6) is 0. The first kappa shape index (κ1) is 10.7. The molecule has 0 radical (unpaired) electrons. The lowest BCUT2D eigenvalue weighted by Crippen LogP contribution is -2.37. The van der Waals surface area contributed by atoms with Gasteiger partial charge in [-0.3, -0.25) is 0 Å². The van der Waals surface area contributed by atoms with E-state index in [9.17, 15) is 0 Å². The molecule has 0 saturated carbocycles. The van der Waals surface area contributed by atoms with Gasteiger partial charge in [0, 0.05) is 8.07 Å². The highest BCUT2D eigenvalue weighted by Gasteiger charge is 2.18. The Morgan fingerprint density at radius 1 is 0.824 bits per heavy atom. The number of hydrogen-bond acceptors (Lipinski definition) is 0. The molecule has 0 bridgehead atoms. The van der Waals surface area contributed by atoms with Gasteiger partial charge in [-0.2, -0.15) is 0 Å². The molecule has 0 amide bonds. The smallest absolute Gasteiger partial charge is 0.0381 e. The van der Waals surface area contributed by atoms with Gasteiger partial charge in [0.1, 0.15) is 0 Å². The lowest BCUT2D eigenvalue weighted by Gasteiger charge is -2.21. The summed E-state index contributed by atoms with van der Waals surface area (Å²) < 4.78 is 0. The Morgan fingerprint density at radius 3 is 2.24 bits per heavy atom. The van der Waals surface area contributed by atoms with Gasteiger partial charge in [-0.1, -0.05) is 54.0 Å². The van der Waals surface area contributed by atoms with Crippen LogP contribution in [0.4, 0.5) is 0 Å². The summed E-state index contributed by atoms with van der Waals surface area (Å²) in [4.78, 5) is 0. The standard InChI is InChI=1S/C16H17Si/c1-17(2,3)16-14-10-6-4-8-12(14)13-9-5-7-11-15(13)16/h4-11H,1-3H3/q-1. The summed E-state index contributed by atoms with van der Waals surface area (Å²) in [5, 5.41) is 7.38. The Bertz CT molecular complexity index is 630. The molecule has 0 atom stereocenters. The van der Waals surface area contributed by atoms with Gasteiger partial charge in [0.15, 0.2) is 0 Å². The van der Waals surface area contributed by atoms with E-state index in [0.717, 1.165) is 0 Å². The Hall–Kier alpha value is -1.47. The van der Waals surface area contributed by atoms with Gasteiger partial charge in [0.2, 0.25) is 0 Å². The fourth-order valence-electron chi connectivity index (χ4n) is 2.83. The highest BCUT2D eigenvalue weighted by atomic mass is 28.3. The van der Waals surface area contributed by atoms with Crippen LogP contribution in [-0.4, -0.2) is 8.07 Å². The fourth-order valence-corrected chi connectivity index (χ4v) is 4.88. The van der Waals surface area contributed by atoms with E-state index in [-0.39, 0.29) is 0 Å². The summed E-state index contributed by atoms with van der Waals surface area (Å²) in [6, 6.07) is 17.7. The molecule has 1 heteroatoms. The van der Waals surface area contributed by atoms with E-state index in [1.54, 1.807) is 5.19 Å². The van der Waals surface area contributed by atoms with Crippen molar-refractivity contribution in [2.75, 3.05) is 0 Å². The van der Waals surface area contributed by atoms with Crippen LogP contribution < -0.4 is 5.19 Å². The molecule has 0 aliphatic rings.